The van der Waals surface area contributed by atoms with Crippen molar-refractivity contribution in [1.82, 2.24) is 36.6 Å². The number of hydrogen-bond donors (Lipinski definition) is 7. The fraction of sp³-hybridized carbons (Fsp3) is 0.436. The molecule has 13 heteroatoms. The fourth-order valence-electron chi connectivity index (χ4n) is 5.83. The summed E-state index contributed by atoms with van der Waals surface area (Å²) in [6.45, 7) is 11.8. The number of nitrogens with zero attached hydrogens (tertiary/aromatic N) is 2. The van der Waals surface area contributed by atoms with E-state index in [4.69, 9.17) is 0 Å². The van der Waals surface area contributed by atoms with Crippen LogP contribution >= 0.6 is 0 Å². The van der Waals surface area contributed by atoms with Gasteiger partial charge in [0.15, 0.2) is 0 Å². The summed E-state index contributed by atoms with van der Waals surface area (Å²) in [4.78, 5) is 61.7. The number of para-hydroxylation sites is 2. The Morgan fingerprint density at radius 1 is 0.827 bits per heavy atom. The second-order valence-corrected chi connectivity index (χ2v) is 14.5. The van der Waals surface area contributed by atoms with E-state index in [0.717, 1.165) is 21.3 Å². The Morgan fingerprint density at radius 3 is 2.13 bits per heavy atom. The van der Waals surface area contributed by atoms with Crippen molar-refractivity contribution >= 4 is 34.7 Å². The first-order valence-corrected chi connectivity index (χ1v) is 17.9. The minimum Gasteiger partial charge on any atom is -0.350 e. The molecule has 0 aliphatic rings. The lowest BCUT2D eigenvalue weighted by molar-refractivity contribution is -0.904. The van der Waals surface area contributed by atoms with Crippen molar-refractivity contribution in [3.63, 3.8) is 0 Å². The van der Waals surface area contributed by atoms with Gasteiger partial charge in [-0.05, 0) is 56.2 Å². The van der Waals surface area contributed by atoms with Crippen molar-refractivity contribution < 1.29 is 29.1 Å². The highest BCUT2D eigenvalue weighted by Crippen LogP contribution is 2.22. The van der Waals surface area contributed by atoms with Crippen LogP contribution in [0.15, 0.2) is 79.1 Å². The van der Waals surface area contributed by atoms with E-state index < -0.39 is 36.0 Å². The lowest BCUT2D eigenvalue weighted by atomic mass is 9.87. The van der Waals surface area contributed by atoms with Crippen LogP contribution in [0.2, 0.25) is 0 Å². The van der Waals surface area contributed by atoms with Crippen LogP contribution in [0.3, 0.4) is 0 Å². The number of nitrogens with one attached hydrogen (secondary N) is 6. The minimum atomic E-state index is -0.913. The number of aromatic nitrogens is 3. The van der Waals surface area contributed by atoms with Crippen LogP contribution in [0.1, 0.15) is 88.6 Å². The van der Waals surface area contributed by atoms with E-state index in [-0.39, 0.29) is 35.4 Å². The molecule has 4 rings (SSSR count). The first-order valence-electron chi connectivity index (χ1n) is 17.9. The molecule has 0 saturated carbocycles. The van der Waals surface area contributed by atoms with Crippen LogP contribution in [0.4, 0.5) is 0 Å². The van der Waals surface area contributed by atoms with Crippen LogP contribution in [-0.4, -0.2) is 69.5 Å². The van der Waals surface area contributed by atoms with Gasteiger partial charge in [-0.1, -0.05) is 76.6 Å². The van der Waals surface area contributed by atoms with Gasteiger partial charge in [0, 0.05) is 29.4 Å². The Kier molecular flexibility index (Phi) is 13.9. The number of rotatable bonds is 17. The predicted octanol–water partition coefficient (Wildman–Crippen LogP) is 3.49. The van der Waals surface area contributed by atoms with Gasteiger partial charge in [0.25, 0.3) is 5.91 Å². The van der Waals surface area contributed by atoms with E-state index in [9.17, 15) is 24.4 Å². The Bertz CT molecular complexity index is 1750. The van der Waals surface area contributed by atoms with Gasteiger partial charge in [0.1, 0.15) is 17.9 Å². The molecular weight excluding hydrogens is 660 g/mol. The maximum absolute atomic E-state index is 13.9. The third kappa shape index (κ3) is 11.9. The molecule has 4 amide bonds. The quantitative estimate of drug-likeness (QED) is 0.0646. The van der Waals surface area contributed by atoms with Gasteiger partial charge in [-0.3, -0.25) is 24.4 Å². The van der Waals surface area contributed by atoms with Crippen molar-refractivity contribution in [2.45, 2.75) is 97.4 Å². The zero-order valence-corrected chi connectivity index (χ0v) is 30.9. The topological polar surface area (TPSA) is 181 Å². The van der Waals surface area contributed by atoms with Gasteiger partial charge in [0.2, 0.25) is 30.1 Å². The van der Waals surface area contributed by atoms with Gasteiger partial charge in [0.05, 0.1) is 28.7 Å². The highest BCUT2D eigenvalue weighted by atomic mass is 16.5. The number of fused-ring (bicyclic) bond motifs is 1. The van der Waals surface area contributed by atoms with E-state index >= 15 is 0 Å². The molecule has 0 saturated heterocycles. The second-order valence-electron chi connectivity index (χ2n) is 14.5. The molecule has 13 nitrogen and oxygen atoms in total. The number of aromatic amines is 1. The summed E-state index contributed by atoms with van der Waals surface area (Å²) in [5.74, 6) is -0.854. The SMILES string of the molecule is CCC[C@H](NC(=O)[C@H](CC(C)(C)C)NC(=O)c1cc[n+](O)cc1)C(=O)NC(CN[C@@H](C)C(=O)NC(C)c1nc2ccccc2[nH]1)Cc1ccccc1. The number of carbonyl (C=O) groups excluding carboxylic acids is 4. The largest absolute Gasteiger partial charge is 0.350 e. The molecule has 7 N–H and O–H groups in total. The summed E-state index contributed by atoms with van der Waals surface area (Å²) in [6.07, 6.45) is 4.48. The lowest BCUT2D eigenvalue weighted by Gasteiger charge is -2.29. The summed E-state index contributed by atoms with van der Waals surface area (Å²) in [5, 5.41) is 24.7. The van der Waals surface area contributed by atoms with Crippen molar-refractivity contribution in [2.24, 2.45) is 5.41 Å². The zero-order chi connectivity index (χ0) is 37.8. The van der Waals surface area contributed by atoms with Gasteiger partial charge in [-0.2, -0.15) is 0 Å². The predicted molar refractivity (Wildman–Crippen MR) is 198 cm³/mol. The monoisotopic (exact) mass is 713 g/mol. The molecule has 0 fully saturated rings. The van der Waals surface area contributed by atoms with E-state index in [0.29, 0.717) is 31.5 Å². The number of H-pyrrole nitrogens is 1. The third-order valence-electron chi connectivity index (χ3n) is 8.64. The Hall–Kier alpha value is -5.30. The number of carbonyl (C=O) groups is 4. The molecule has 2 unspecified atom stereocenters. The highest BCUT2D eigenvalue weighted by Gasteiger charge is 2.31. The summed E-state index contributed by atoms with van der Waals surface area (Å²) < 4.78 is 0.824. The van der Waals surface area contributed by atoms with Crippen LogP contribution in [0.25, 0.3) is 11.0 Å². The molecule has 5 atom stereocenters. The average Bonchev–Trinajstić information content (AvgIpc) is 3.55. The molecule has 0 bridgehead atoms. The van der Waals surface area contributed by atoms with E-state index in [1.54, 1.807) is 6.92 Å². The fourth-order valence-corrected chi connectivity index (χ4v) is 5.83. The smallest absolute Gasteiger partial charge is 0.252 e. The van der Waals surface area contributed by atoms with Crippen LogP contribution in [0, 0.1) is 5.41 Å². The maximum atomic E-state index is 13.9. The lowest BCUT2D eigenvalue weighted by Crippen LogP contribution is -2.57. The standard InChI is InChI=1S/C39H52N8O5/c1-7-13-32(45-38(51)33(23-39(4,5)6)46-36(49)28-18-20-47(52)21-19-28)37(50)42-29(22-27-14-9-8-10-15-27)24-40-26(3)35(48)41-25(2)34-43-30-16-11-12-17-31(30)44-34/h8-12,14-21,25-26,29,32-33,40H,7,13,22-24H2,1-6H3,(H5-,41,42,43,44,45,46,48,49,50,51,52)/p+1/t25?,26-,29?,32-,33-/m0/s1. The van der Waals surface area contributed by atoms with Crippen molar-refractivity contribution in [1.29, 1.82) is 0 Å². The highest BCUT2D eigenvalue weighted by molar-refractivity contribution is 5.98. The van der Waals surface area contributed by atoms with Crippen LogP contribution < -0.4 is 31.3 Å². The average molecular weight is 714 g/mol. The van der Waals surface area contributed by atoms with Crippen molar-refractivity contribution in [2.75, 3.05) is 6.54 Å². The molecule has 0 aliphatic heterocycles. The molecule has 278 valence electrons. The number of imidazole rings is 1. The van der Waals surface area contributed by atoms with Crippen LogP contribution in [-0.2, 0) is 20.8 Å². The molecule has 4 aromatic rings. The summed E-state index contributed by atoms with van der Waals surface area (Å²) in [6, 6.07) is 17.2. The van der Waals surface area contributed by atoms with Gasteiger partial charge in [-0.15, -0.1) is 0 Å². The number of amides is 4. The second kappa shape index (κ2) is 18.3. The Morgan fingerprint density at radius 2 is 1.48 bits per heavy atom. The molecular formula is C39H53N8O5+. The zero-order valence-electron chi connectivity index (χ0n) is 30.9. The summed E-state index contributed by atoms with van der Waals surface area (Å²) >= 11 is 0. The van der Waals surface area contributed by atoms with E-state index in [1.165, 1.54) is 24.5 Å². The summed E-state index contributed by atoms with van der Waals surface area (Å²) in [7, 11) is 0. The molecule has 0 spiro atoms. The van der Waals surface area contributed by atoms with Crippen molar-refractivity contribution in [3.8, 4) is 0 Å². The first kappa shape index (κ1) is 39.5. The number of hydrogen-bond acceptors (Lipinski definition) is 7. The normalized spacial score (nSPS) is 14.4. The number of pyridine rings is 1. The Balaban J connectivity index is 1.42. The summed E-state index contributed by atoms with van der Waals surface area (Å²) in [5.41, 5.74) is 2.68. The van der Waals surface area contributed by atoms with E-state index in [2.05, 4.69) is 36.6 Å². The van der Waals surface area contributed by atoms with Crippen LogP contribution in [0.5, 0.6) is 0 Å². The van der Waals surface area contributed by atoms with Gasteiger partial charge in [-0.25, -0.2) is 4.98 Å². The minimum absolute atomic E-state index is 0.216. The molecule has 2 aromatic heterocycles. The maximum Gasteiger partial charge on any atom is 0.252 e. The van der Waals surface area contributed by atoms with Gasteiger partial charge < -0.3 is 31.6 Å². The first-order chi connectivity index (χ1) is 24.7. The number of benzene rings is 2. The molecule has 52 heavy (non-hydrogen) atoms. The third-order valence-corrected chi connectivity index (χ3v) is 8.64. The Labute approximate surface area is 305 Å². The molecule has 2 heterocycles. The van der Waals surface area contributed by atoms with E-state index in [1.807, 2.05) is 89.2 Å². The van der Waals surface area contributed by atoms with Gasteiger partial charge >= 0.3 is 0 Å². The van der Waals surface area contributed by atoms with Crippen molar-refractivity contribution in [3.05, 3.63) is 96.1 Å². The molecule has 2 aromatic carbocycles. The molecule has 0 aliphatic carbocycles. The molecule has 0 radical (unpaired) electrons.